The lowest BCUT2D eigenvalue weighted by Crippen LogP contribution is -2.49. The van der Waals surface area contributed by atoms with E-state index >= 15 is 0 Å². The highest BCUT2D eigenvalue weighted by Crippen LogP contribution is 2.28. The lowest BCUT2D eigenvalue weighted by atomic mass is 9.98. The van der Waals surface area contributed by atoms with Crippen LogP contribution < -0.4 is 0 Å². The summed E-state index contributed by atoms with van der Waals surface area (Å²) >= 11 is 0. The van der Waals surface area contributed by atoms with Crippen molar-refractivity contribution in [3.8, 4) is 0 Å². The Kier molecular flexibility index (Phi) is 9.72. The molecule has 0 radical (unpaired) electrons. The fourth-order valence-corrected chi connectivity index (χ4v) is 6.56. The smallest absolute Gasteiger partial charge is 0.248 e. The van der Waals surface area contributed by atoms with E-state index in [-0.39, 0.29) is 23.3 Å². The predicted molar refractivity (Wildman–Crippen MR) is 125 cm³/mol. The highest BCUT2D eigenvalue weighted by molar-refractivity contribution is 7.89. The maximum atomic E-state index is 13.6. The molecule has 33 heavy (non-hydrogen) atoms. The second-order valence-electron chi connectivity index (χ2n) is 9.20. The maximum absolute atomic E-state index is 13.6. The molecule has 0 N–H and O–H groups in total. The van der Waals surface area contributed by atoms with Gasteiger partial charge in [-0.05, 0) is 33.1 Å². The van der Waals surface area contributed by atoms with Crippen molar-refractivity contribution in [2.45, 2.75) is 64.2 Å². The highest BCUT2D eigenvalue weighted by atomic mass is 32.2. The molecule has 0 aromatic carbocycles. The first-order chi connectivity index (χ1) is 15.8. The highest BCUT2D eigenvalue weighted by Gasteiger charge is 2.37. The summed E-state index contributed by atoms with van der Waals surface area (Å²) in [4.78, 5) is 18.0. The Balaban J connectivity index is 1.67. The van der Waals surface area contributed by atoms with Crippen LogP contribution in [0.3, 0.4) is 0 Å². The van der Waals surface area contributed by atoms with Gasteiger partial charge in [0.1, 0.15) is 10.6 Å². The Hall–Kier alpha value is -1.49. The van der Waals surface area contributed by atoms with E-state index < -0.39 is 10.0 Å². The van der Waals surface area contributed by atoms with Gasteiger partial charge in [-0.3, -0.25) is 9.69 Å². The molecule has 2 fully saturated rings. The number of hydrogen-bond donors (Lipinski definition) is 0. The topological polar surface area (TPSA) is 96.2 Å². The normalized spacial score (nSPS) is 20.8. The summed E-state index contributed by atoms with van der Waals surface area (Å²) in [5.41, 5.74) is 0.365. The minimum Gasteiger partial charge on any atom is -0.379 e. The summed E-state index contributed by atoms with van der Waals surface area (Å²) in [6, 6.07) is 0. The molecule has 0 saturated carbocycles. The van der Waals surface area contributed by atoms with Gasteiger partial charge in [-0.15, -0.1) is 0 Å². The molecule has 3 heterocycles. The maximum Gasteiger partial charge on any atom is 0.248 e. The van der Waals surface area contributed by atoms with Crippen LogP contribution in [0.4, 0.5) is 0 Å². The molecule has 0 aliphatic carbocycles. The van der Waals surface area contributed by atoms with Crippen molar-refractivity contribution in [3.05, 3.63) is 11.5 Å². The van der Waals surface area contributed by atoms with Crippen LogP contribution in [0.25, 0.3) is 0 Å². The van der Waals surface area contributed by atoms with Crippen molar-refractivity contribution in [1.29, 1.82) is 0 Å². The minimum absolute atomic E-state index is 0.0819. The summed E-state index contributed by atoms with van der Waals surface area (Å²) in [5.74, 6) is 0.0623. The first kappa shape index (κ1) is 26.1. The molecule has 3 rings (SSSR count). The van der Waals surface area contributed by atoms with Crippen LogP contribution in [0.15, 0.2) is 9.42 Å². The first-order valence-electron chi connectivity index (χ1n) is 12.4. The molecular weight excluding hydrogens is 444 g/mol. The van der Waals surface area contributed by atoms with Crippen molar-refractivity contribution in [1.82, 2.24) is 19.3 Å². The number of nitrogens with zero attached hydrogens (tertiary/aromatic N) is 4. The number of aromatic nitrogens is 1. The largest absolute Gasteiger partial charge is 0.379 e. The molecule has 9 nitrogen and oxygen atoms in total. The van der Waals surface area contributed by atoms with Crippen molar-refractivity contribution in [3.63, 3.8) is 0 Å². The van der Waals surface area contributed by atoms with E-state index in [0.29, 0.717) is 31.0 Å². The van der Waals surface area contributed by atoms with Crippen LogP contribution in [0.5, 0.6) is 0 Å². The van der Waals surface area contributed by atoms with Gasteiger partial charge in [0.25, 0.3) is 0 Å². The van der Waals surface area contributed by atoms with E-state index in [9.17, 15) is 13.2 Å². The van der Waals surface area contributed by atoms with E-state index in [1.807, 2.05) is 4.90 Å². The first-order valence-corrected chi connectivity index (χ1v) is 13.8. The Morgan fingerprint density at radius 3 is 2.55 bits per heavy atom. The molecule has 0 spiro atoms. The number of carbonyl (C=O) groups is 1. The molecule has 2 aliphatic rings. The zero-order chi connectivity index (χ0) is 23.8. The molecule has 1 amide bonds. The molecule has 2 saturated heterocycles. The van der Waals surface area contributed by atoms with Gasteiger partial charge in [0, 0.05) is 45.8 Å². The van der Waals surface area contributed by atoms with E-state index in [2.05, 4.69) is 17.0 Å². The van der Waals surface area contributed by atoms with E-state index in [1.54, 1.807) is 13.8 Å². The van der Waals surface area contributed by atoms with Crippen LogP contribution in [-0.2, 0) is 19.6 Å². The zero-order valence-electron chi connectivity index (χ0n) is 20.4. The molecule has 188 valence electrons. The third-order valence-electron chi connectivity index (χ3n) is 6.68. The lowest BCUT2D eigenvalue weighted by molar-refractivity contribution is -0.137. The Bertz CT molecular complexity index is 847. The second-order valence-corrected chi connectivity index (χ2v) is 11.1. The van der Waals surface area contributed by atoms with Crippen molar-refractivity contribution in [2.24, 2.45) is 5.92 Å². The Morgan fingerprint density at radius 1 is 1.12 bits per heavy atom. The molecule has 10 heteroatoms. The summed E-state index contributed by atoms with van der Waals surface area (Å²) in [7, 11) is -3.74. The number of carbonyl (C=O) groups excluding carboxylic acids is 1. The average Bonchev–Trinajstić information content (AvgIpc) is 3.17. The summed E-state index contributed by atoms with van der Waals surface area (Å²) in [6.45, 7) is 11.6. The fraction of sp³-hybridized carbons (Fsp3) is 0.826. The number of sulfonamides is 1. The van der Waals surface area contributed by atoms with Crippen LogP contribution in [-0.4, -0.2) is 92.6 Å². The fourth-order valence-electron chi connectivity index (χ4n) is 4.74. The van der Waals surface area contributed by atoms with E-state index in [1.165, 1.54) is 10.7 Å². The summed E-state index contributed by atoms with van der Waals surface area (Å²) in [6.07, 6.45) is 5.80. The molecule has 2 aliphatic heterocycles. The Labute approximate surface area is 198 Å². The van der Waals surface area contributed by atoms with Gasteiger partial charge in [-0.2, -0.15) is 4.31 Å². The van der Waals surface area contributed by atoms with Gasteiger partial charge in [0.05, 0.1) is 19.1 Å². The van der Waals surface area contributed by atoms with Gasteiger partial charge in [0.2, 0.25) is 15.9 Å². The number of amides is 1. The third-order valence-corrected chi connectivity index (χ3v) is 8.79. The van der Waals surface area contributed by atoms with Crippen LogP contribution in [0, 0.1) is 19.8 Å². The average molecular weight is 485 g/mol. The summed E-state index contributed by atoms with van der Waals surface area (Å²) < 4.78 is 38.6. The molecular formula is C23H40N4O5S. The monoisotopic (exact) mass is 484 g/mol. The van der Waals surface area contributed by atoms with E-state index in [0.717, 1.165) is 65.1 Å². The Morgan fingerprint density at radius 2 is 1.88 bits per heavy atom. The predicted octanol–water partition coefficient (Wildman–Crippen LogP) is 2.43. The van der Waals surface area contributed by atoms with Gasteiger partial charge in [-0.1, -0.05) is 31.3 Å². The number of morpholine rings is 1. The molecule has 0 bridgehead atoms. The number of unbranched alkanes of at least 4 members (excludes halogenated alkanes) is 3. The van der Waals surface area contributed by atoms with Gasteiger partial charge in [-0.25, -0.2) is 8.42 Å². The second kappa shape index (κ2) is 12.3. The van der Waals surface area contributed by atoms with Crippen molar-refractivity contribution >= 4 is 15.9 Å². The standard InChI is InChI=1S/C23H40N4O5S/c1-4-5-6-7-10-26(13-12-25-14-16-31-17-15-25)23(28)21-9-8-11-27(18-21)33(29,30)22-19(2)24-32-20(22)3/h21H,4-18H2,1-3H3. The minimum atomic E-state index is -3.74. The SMILES string of the molecule is CCCCCCN(CCN1CCOCC1)C(=O)C1CCCN(S(=O)(=O)c2c(C)noc2C)C1. The number of ether oxygens (including phenoxy) is 1. The number of rotatable bonds is 11. The molecule has 1 atom stereocenters. The lowest BCUT2D eigenvalue weighted by Gasteiger charge is -2.35. The number of hydrogen-bond acceptors (Lipinski definition) is 7. The van der Waals surface area contributed by atoms with E-state index in [4.69, 9.17) is 9.26 Å². The molecule has 1 aromatic rings. The van der Waals surface area contributed by atoms with Crippen LogP contribution >= 0.6 is 0 Å². The quantitative estimate of drug-likeness (QED) is 0.445. The van der Waals surface area contributed by atoms with Crippen LogP contribution in [0.1, 0.15) is 56.9 Å². The third kappa shape index (κ3) is 6.77. The number of piperidine rings is 1. The van der Waals surface area contributed by atoms with Gasteiger partial charge < -0.3 is 14.2 Å². The van der Waals surface area contributed by atoms with Gasteiger partial charge in [0.15, 0.2) is 5.76 Å². The summed E-state index contributed by atoms with van der Waals surface area (Å²) in [5, 5.41) is 3.81. The van der Waals surface area contributed by atoms with Gasteiger partial charge >= 0.3 is 0 Å². The molecule has 1 aromatic heterocycles. The van der Waals surface area contributed by atoms with Crippen molar-refractivity contribution < 1.29 is 22.5 Å². The van der Waals surface area contributed by atoms with Crippen LogP contribution in [0.2, 0.25) is 0 Å². The molecule has 1 unspecified atom stereocenters. The number of aryl methyl sites for hydroxylation is 2. The zero-order valence-corrected chi connectivity index (χ0v) is 21.2. The van der Waals surface area contributed by atoms with Crippen molar-refractivity contribution in [2.75, 3.05) is 59.0 Å².